The molecule has 0 fully saturated rings. The number of hydrogen-bond donors (Lipinski definition) is 0. The van der Waals surface area contributed by atoms with Gasteiger partial charge in [0.2, 0.25) is 5.95 Å². The highest BCUT2D eigenvalue weighted by molar-refractivity contribution is 6.22. The van der Waals surface area contributed by atoms with Crippen LogP contribution in [0.3, 0.4) is 0 Å². The van der Waals surface area contributed by atoms with Gasteiger partial charge in [0.05, 0.1) is 33.3 Å². The number of nitrogens with zero attached hydrogens (tertiary/aromatic N) is 4. The SMILES string of the molecule is CC1(C)c2ccccc2-c2ccc(-c3nc(-n4c5ccc(-n6c7ccccc7c7ccccc76)cc5c5c6ccccc6ccc54)nc4ccccc34)cc21. The van der Waals surface area contributed by atoms with Gasteiger partial charge in [-0.1, -0.05) is 135 Å². The minimum absolute atomic E-state index is 0.116. The van der Waals surface area contributed by atoms with Gasteiger partial charge in [-0.05, 0) is 81.6 Å². The van der Waals surface area contributed by atoms with Gasteiger partial charge in [-0.2, -0.15) is 0 Å². The molecule has 0 unspecified atom stereocenters. The van der Waals surface area contributed by atoms with E-state index in [9.17, 15) is 0 Å². The second-order valence-electron chi connectivity index (χ2n) is 15.4. The van der Waals surface area contributed by atoms with Crippen molar-refractivity contribution in [3.63, 3.8) is 0 Å². The highest BCUT2D eigenvalue weighted by Crippen LogP contribution is 2.50. The summed E-state index contributed by atoms with van der Waals surface area (Å²) in [6.07, 6.45) is 0. The summed E-state index contributed by atoms with van der Waals surface area (Å²) in [4.78, 5) is 10.8. The van der Waals surface area contributed by atoms with E-state index in [-0.39, 0.29) is 5.41 Å². The van der Waals surface area contributed by atoms with Crippen molar-refractivity contribution in [3.05, 3.63) is 181 Å². The lowest BCUT2D eigenvalue weighted by molar-refractivity contribution is 0.660. The lowest BCUT2D eigenvalue weighted by atomic mass is 9.82. The summed E-state index contributed by atoms with van der Waals surface area (Å²) < 4.78 is 4.67. The first-order chi connectivity index (χ1) is 27.0. The molecule has 3 heterocycles. The van der Waals surface area contributed by atoms with Crippen molar-refractivity contribution in [2.45, 2.75) is 19.3 Å². The van der Waals surface area contributed by atoms with Crippen molar-refractivity contribution in [2.75, 3.05) is 0 Å². The Morgan fingerprint density at radius 3 is 1.89 bits per heavy atom. The van der Waals surface area contributed by atoms with Gasteiger partial charge in [-0.25, -0.2) is 9.97 Å². The Hall–Kier alpha value is -7.04. The van der Waals surface area contributed by atoms with Gasteiger partial charge in [0.15, 0.2) is 0 Å². The molecule has 0 atom stereocenters. The Kier molecular flexibility index (Phi) is 6.09. The molecular weight excluding hydrogens is 669 g/mol. The normalized spacial score (nSPS) is 13.4. The predicted molar refractivity (Wildman–Crippen MR) is 229 cm³/mol. The van der Waals surface area contributed by atoms with Gasteiger partial charge in [0, 0.05) is 43.6 Å². The number of para-hydroxylation sites is 3. The zero-order valence-corrected chi connectivity index (χ0v) is 30.5. The van der Waals surface area contributed by atoms with E-state index in [1.807, 2.05) is 0 Å². The minimum atomic E-state index is -0.116. The van der Waals surface area contributed by atoms with E-state index in [2.05, 4.69) is 193 Å². The van der Waals surface area contributed by atoms with Crippen LogP contribution in [-0.2, 0) is 5.41 Å². The molecule has 0 aliphatic heterocycles. The van der Waals surface area contributed by atoms with E-state index in [1.165, 1.54) is 65.6 Å². The van der Waals surface area contributed by atoms with Crippen molar-refractivity contribution in [1.29, 1.82) is 0 Å². The maximum Gasteiger partial charge on any atom is 0.235 e. The average molecular weight is 703 g/mol. The summed E-state index contributed by atoms with van der Waals surface area (Å²) in [6, 6.07) is 61.6. The number of aromatic nitrogens is 4. The lowest BCUT2D eigenvalue weighted by Crippen LogP contribution is -2.15. The zero-order valence-electron chi connectivity index (χ0n) is 30.5. The average Bonchev–Trinajstić information content (AvgIpc) is 3.83. The molecule has 0 spiro atoms. The second-order valence-corrected chi connectivity index (χ2v) is 15.4. The Morgan fingerprint density at radius 1 is 0.436 bits per heavy atom. The van der Waals surface area contributed by atoms with E-state index >= 15 is 0 Å². The second kappa shape index (κ2) is 11.0. The summed E-state index contributed by atoms with van der Waals surface area (Å²) in [7, 11) is 0. The van der Waals surface area contributed by atoms with Gasteiger partial charge >= 0.3 is 0 Å². The van der Waals surface area contributed by atoms with Crippen LogP contribution in [0.5, 0.6) is 0 Å². The van der Waals surface area contributed by atoms with E-state index in [1.54, 1.807) is 0 Å². The van der Waals surface area contributed by atoms with Crippen molar-refractivity contribution in [3.8, 4) is 34.0 Å². The van der Waals surface area contributed by atoms with Gasteiger partial charge in [-0.15, -0.1) is 0 Å². The Bertz CT molecular complexity index is 3360. The first kappa shape index (κ1) is 30.4. The van der Waals surface area contributed by atoms with Crippen molar-refractivity contribution in [2.24, 2.45) is 0 Å². The fraction of sp³-hybridized carbons (Fsp3) is 0.0588. The molecule has 8 aromatic carbocycles. The topological polar surface area (TPSA) is 35.6 Å². The van der Waals surface area contributed by atoms with Gasteiger partial charge in [0.25, 0.3) is 0 Å². The van der Waals surface area contributed by atoms with Gasteiger partial charge < -0.3 is 4.57 Å². The summed E-state index contributed by atoms with van der Waals surface area (Å²) >= 11 is 0. The molecule has 0 bridgehead atoms. The third-order valence-corrected chi connectivity index (χ3v) is 12.1. The molecule has 0 N–H and O–H groups in total. The van der Waals surface area contributed by atoms with E-state index in [4.69, 9.17) is 9.97 Å². The molecule has 1 aliphatic carbocycles. The first-order valence-electron chi connectivity index (χ1n) is 19.0. The highest BCUT2D eigenvalue weighted by Gasteiger charge is 2.35. The van der Waals surface area contributed by atoms with E-state index in [0.717, 1.165) is 38.9 Å². The number of hydrogen-bond acceptors (Lipinski definition) is 2. The van der Waals surface area contributed by atoms with E-state index < -0.39 is 0 Å². The predicted octanol–water partition coefficient (Wildman–Crippen LogP) is 13.0. The summed E-state index contributed by atoms with van der Waals surface area (Å²) in [5.74, 6) is 0.664. The maximum absolute atomic E-state index is 5.52. The standard InChI is InChI=1S/C51H34N4/c1-51(2)41-19-9-5-15-35(41)36-26-23-32(29-42(36)51)49-39-18-6-10-20-43(39)52-50(53-49)55-46-28-25-33(30-40(46)48-34-14-4-3-13-31(34)24-27-47(48)55)54-44-21-11-7-16-37(44)38-17-8-12-22-45(38)54/h3-30H,1-2H3. The summed E-state index contributed by atoms with van der Waals surface area (Å²) in [5.41, 5.74) is 13.8. The van der Waals surface area contributed by atoms with Crippen LogP contribution in [0.1, 0.15) is 25.0 Å². The number of fused-ring (bicyclic) bond motifs is 12. The van der Waals surface area contributed by atoms with Crippen LogP contribution < -0.4 is 0 Å². The monoisotopic (exact) mass is 702 g/mol. The van der Waals surface area contributed by atoms with Gasteiger partial charge in [0.1, 0.15) is 0 Å². The van der Waals surface area contributed by atoms with Crippen LogP contribution >= 0.6 is 0 Å². The molecule has 55 heavy (non-hydrogen) atoms. The molecule has 0 saturated heterocycles. The smallest absolute Gasteiger partial charge is 0.235 e. The Morgan fingerprint density at radius 2 is 1.07 bits per heavy atom. The first-order valence-corrected chi connectivity index (χ1v) is 19.0. The van der Waals surface area contributed by atoms with Crippen LogP contribution in [-0.4, -0.2) is 19.1 Å². The molecule has 11 aromatic rings. The fourth-order valence-corrected chi connectivity index (χ4v) is 9.57. The van der Waals surface area contributed by atoms with Crippen LogP contribution in [0.15, 0.2) is 170 Å². The van der Waals surface area contributed by atoms with E-state index in [0.29, 0.717) is 5.95 Å². The maximum atomic E-state index is 5.52. The Balaban J connectivity index is 1.14. The van der Waals surface area contributed by atoms with Crippen molar-refractivity contribution in [1.82, 2.24) is 19.1 Å². The molecule has 0 radical (unpaired) electrons. The van der Waals surface area contributed by atoms with Crippen LogP contribution in [0.25, 0.3) is 99.3 Å². The van der Waals surface area contributed by atoms with Crippen molar-refractivity contribution < 1.29 is 0 Å². The van der Waals surface area contributed by atoms with Crippen molar-refractivity contribution >= 4 is 65.3 Å². The molecule has 0 saturated carbocycles. The third-order valence-electron chi connectivity index (χ3n) is 12.1. The zero-order chi connectivity index (χ0) is 36.4. The number of rotatable bonds is 3. The molecule has 3 aromatic heterocycles. The lowest BCUT2D eigenvalue weighted by Gasteiger charge is -2.22. The molecule has 4 nitrogen and oxygen atoms in total. The Labute approximate surface area is 317 Å². The quantitative estimate of drug-likeness (QED) is 0.184. The molecule has 258 valence electrons. The van der Waals surface area contributed by atoms with Crippen LogP contribution in [0.4, 0.5) is 0 Å². The molecular formula is C51H34N4. The largest absolute Gasteiger partial charge is 0.309 e. The molecule has 12 rings (SSSR count). The summed E-state index contributed by atoms with van der Waals surface area (Å²) in [5, 5.41) is 8.33. The third kappa shape index (κ3) is 4.17. The van der Waals surface area contributed by atoms with Crippen LogP contribution in [0.2, 0.25) is 0 Å². The highest BCUT2D eigenvalue weighted by atomic mass is 15.2. The molecule has 4 heteroatoms. The molecule has 1 aliphatic rings. The minimum Gasteiger partial charge on any atom is -0.309 e. The van der Waals surface area contributed by atoms with Crippen LogP contribution in [0, 0.1) is 0 Å². The molecule has 0 amide bonds. The van der Waals surface area contributed by atoms with Gasteiger partial charge in [-0.3, -0.25) is 4.57 Å². The fourth-order valence-electron chi connectivity index (χ4n) is 9.57. The number of benzene rings is 8. The summed E-state index contributed by atoms with van der Waals surface area (Å²) in [6.45, 7) is 4.67.